The quantitative estimate of drug-likeness (QED) is 0.447. The molecule has 0 bridgehead atoms. The summed E-state index contributed by atoms with van der Waals surface area (Å²) in [5, 5.41) is 4.18. The van der Waals surface area contributed by atoms with Gasteiger partial charge < -0.3 is 18.7 Å². The van der Waals surface area contributed by atoms with Crippen LogP contribution < -0.4 is 14.2 Å². The van der Waals surface area contributed by atoms with Crippen LogP contribution in [0.1, 0.15) is 11.7 Å². The van der Waals surface area contributed by atoms with E-state index in [1.165, 1.54) is 30.6 Å². The molecule has 31 heavy (non-hydrogen) atoms. The van der Waals surface area contributed by atoms with Gasteiger partial charge in [-0.15, -0.1) is 0 Å². The number of likely N-dealkylation sites (N-methyl/N-ethyl adjacent to an activating group) is 1. The molecule has 1 heterocycles. The van der Waals surface area contributed by atoms with Crippen molar-refractivity contribution in [3.63, 3.8) is 0 Å². The van der Waals surface area contributed by atoms with E-state index in [1.807, 2.05) is 0 Å². The number of hydrogen-bond donors (Lipinski definition) is 0. The average molecular weight is 468 g/mol. The van der Waals surface area contributed by atoms with Gasteiger partial charge in [-0.2, -0.15) is 4.98 Å². The summed E-state index contributed by atoms with van der Waals surface area (Å²) < 4.78 is 48.0. The SMILES string of the molecule is COc1ccc(OCc2nc(CCN(C)S(=O)(=O)c3cc(Cl)ccc3OC)no2)cc1. The monoisotopic (exact) mass is 467 g/mol. The maximum Gasteiger partial charge on any atom is 0.264 e. The molecule has 0 fully saturated rings. The second kappa shape index (κ2) is 9.99. The van der Waals surface area contributed by atoms with Crippen LogP contribution in [0, 0.1) is 0 Å². The predicted octanol–water partition coefficient (Wildman–Crippen LogP) is 3.18. The molecule has 1 aromatic heterocycles. The van der Waals surface area contributed by atoms with Crippen LogP contribution in [0.4, 0.5) is 0 Å². The van der Waals surface area contributed by atoms with Crippen LogP contribution in [0.25, 0.3) is 0 Å². The Balaban J connectivity index is 1.58. The molecule has 11 heteroatoms. The highest BCUT2D eigenvalue weighted by molar-refractivity contribution is 7.89. The number of sulfonamides is 1. The number of methoxy groups -OCH3 is 2. The lowest BCUT2D eigenvalue weighted by Crippen LogP contribution is -2.29. The minimum atomic E-state index is -3.82. The fourth-order valence-electron chi connectivity index (χ4n) is 2.66. The molecule has 0 aliphatic carbocycles. The summed E-state index contributed by atoms with van der Waals surface area (Å²) in [5.74, 6) is 2.22. The van der Waals surface area contributed by atoms with E-state index in [-0.39, 0.29) is 36.1 Å². The summed E-state index contributed by atoms with van der Waals surface area (Å²) >= 11 is 5.96. The number of nitrogens with zero attached hydrogens (tertiary/aromatic N) is 3. The van der Waals surface area contributed by atoms with Gasteiger partial charge in [0, 0.05) is 25.0 Å². The fraction of sp³-hybridized carbons (Fsp3) is 0.300. The van der Waals surface area contributed by atoms with Gasteiger partial charge in [0.2, 0.25) is 10.0 Å². The largest absolute Gasteiger partial charge is 0.497 e. The van der Waals surface area contributed by atoms with Crippen molar-refractivity contribution in [2.45, 2.75) is 17.9 Å². The first-order chi connectivity index (χ1) is 14.8. The van der Waals surface area contributed by atoms with Gasteiger partial charge in [0.05, 0.1) is 14.2 Å². The number of halogens is 1. The average Bonchev–Trinajstić information content (AvgIpc) is 3.24. The van der Waals surface area contributed by atoms with Crippen molar-refractivity contribution in [2.24, 2.45) is 0 Å². The third kappa shape index (κ3) is 5.66. The highest BCUT2D eigenvalue weighted by Gasteiger charge is 2.25. The Kier molecular flexibility index (Phi) is 7.37. The molecular weight excluding hydrogens is 446 g/mol. The second-order valence-corrected chi connectivity index (χ2v) is 8.89. The van der Waals surface area contributed by atoms with Gasteiger partial charge in [0.15, 0.2) is 12.4 Å². The zero-order valence-electron chi connectivity index (χ0n) is 17.2. The van der Waals surface area contributed by atoms with Crippen molar-refractivity contribution in [3.8, 4) is 17.2 Å². The van der Waals surface area contributed by atoms with Crippen LogP contribution in [-0.2, 0) is 23.1 Å². The van der Waals surface area contributed by atoms with E-state index in [0.717, 1.165) is 5.75 Å². The van der Waals surface area contributed by atoms with Crippen LogP contribution in [0.5, 0.6) is 17.2 Å². The summed E-state index contributed by atoms with van der Waals surface area (Å²) in [4.78, 5) is 4.23. The maximum atomic E-state index is 12.9. The Morgan fingerprint density at radius 2 is 1.77 bits per heavy atom. The second-order valence-electron chi connectivity index (χ2n) is 6.44. The van der Waals surface area contributed by atoms with E-state index in [9.17, 15) is 8.42 Å². The molecule has 0 unspecified atom stereocenters. The fourth-order valence-corrected chi connectivity index (χ4v) is 4.25. The smallest absolute Gasteiger partial charge is 0.264 e. The molecule has 166 valence electrons. The molecule has 9 nitrogen and oxygen atoms in total. The molecule has 0 saturated heterocycles. The molecule has 0 saturated carbocycles. The standard InChI is InChI=1S/C20H22ClN3O6S/c1-24(31(25,26)18-12-14(21)4-9-17(18)28-3)11-10-19-22-20(30-23-19)13-29-16-7-5-15(27-2)6-8-16/h4-9,12H,10-11,13H2,1-3H3. The normalized spacial score (nSPS) is 11.5. The lowest BCUT2D eigenvalue weighted by Gasteiger charge is -2.18. The lowest BCUT2D eigenvalue weighted by atomic mass is 10.3. The molecule has 0 N–H and O–H groups in total. The van der Waals surface area contributed by atoms with Crippen molar-refractivity contribution in [1.29, 1.82) is 0 Å². The topological polar surface area (TPSA) is 104 Å². The van der Waals surface area contributed by atoms with Crippen molar-refractivity contribution in [2.75, 3.05) is 27.8 Å². The maximum absolute atomic E-state index is 12.9. The minimum Gasteiger partial charge on any atom is -0.497 e. The van der Waals surface area contributed by atoms with Crippen molar-refractivity contribution in [3.05, 3.63) is 59.2 Å². The Hall–Kier alpha value is -2.82. The third-order valence-electron chi connectivity index (χ3n) is 4.40. The number of rotatable bonds is 10. The summed E-state index contributed by atoms with van der Waals surface area (Å²) in [5.41, 5.74) is 0. The first-order valence-electron chi connectivity index (χ1n) is 9.21. The zero-order chi connectivity index (χ0) is 22.4. The van der Waals surface area contributed by atoms with E-state index in [2.05, 4.69) is 10.1 Å². The highest BCUT2D eigenvalue weighted by Crippen LogP contribution is 2.29. The Bertz CT molecular complexity index is 1120. The molecule has 0 spiro atoms. The summed E-state index contributed by atoms with van der Waals surface area (Å²) in [6, 6.07) is 11.5. The van der Waals surface area contributed by atoms with Crippen molar-refractivity contribution < 1.29 is 27.2 Å². The van der Waals surface area contributed by atoms with Gasteiger partial charge in [-0.25, -0.2) is 12.7 Å². The molecule has 0 atom stereocenters. The van der Waals surface area contributed by atoms with Crippen LogP contribution in [0.15, 0.2) is 51.9 Å². The molecule has 0 aliphatic heterocycles. The van der Waals surface area contributed by atoms with Crippen molar-refractivity contribution in [1.82, 2.24) is 14.4 Å². The molecule has 3 rings (SSSR count). The summed E-state index contributed by atoms with van der Waals surface area (Å²) in [7, 11) is 0.632. The summed E-state index contributed by atoms with van der Waals surface area (Å²) in [6.45, 7) is 0.226. The third-order valence-corrected chi connectivity index (χ3v) is 6.51. The van der Waals surface area contributed by atoms with Crippen molar-refractivity contribution >= 4 is 21.6 Å². The van der Waals surface area contributed by atoms with E-state index in [0.29, 0.717) is 16.6 Å². The minimum absolute atomic E-state index is 0.00769. The van der Waals surface area contributed by atoms with Gasteiger partial charge in [0.1, 0.15) is 22.1 Å². The molecule has 0 amide bonds. The number of benzene rings is 2. The first kappa shape index (κ1) is 22.9. The number of aromatic nitrogens is 2. The van der Waals surface area contributed by atoms with E-state index >= 15 is 0 Å². The molecule has 0 radical (unpaired) electrons. The molecule has 3 aromatic rings. The van der Waals surface area contributed by atoms with Gasteiger partial charge in [0.25, 0.3) is 5.89 Å². The lowest BCUT2D eigenvalue weighted by molar-refractivity contribution is 0.242. The van der Waals surface area contributed by atoms with E-state index in [1.54, 1.807) is 37.4 Å². The van der Waals surface area contributed by atoms with Gasteiger partial charge >= 0.3 is 0 Å². The highest BCUT2D eigenvalue weighted by atomic mass is 35.5. The molecular formula is C20H22ClN3O6S. The van der Waals surface area contributed by atoms with Gasteiger partial charge in [-0.05, 0) is 42.5 Å². The predicted molar refractivity (Wildman–Crippen MR) is 113 cm³/mol. The first-order valence-corrected chi connectivity index (χ1v) is 11.0. The van der Waals surface area contributed by atoms with Crippen LogP contribution in [-0.4, -0.2) is 50.7 Å². The Morgan fingerprint density at radius 1 is 1.06 bits per heavy atom. The molecule has 2 aromatic carbocycles. The van der Waals surface area contributed by atoms with Gasteiger partial charge in [-0.3, -0.25) is 0 Å². The molecule has 0 aliphatic rings. The van der Waals surface area contributed by atoms with E-state index in [4.69, 9.17) is 30.3 Å². The zero-order valence-corrected chi connectivity index (χ0v) is 18.8. The Labute approximate surface area is 185 Å². The number of ether oxygens (including phenoxy) is 3. The van der Waals surface area contributed by atoms with Gasteiger partial charge in [-0.1, -0.05) is 16.8 Å². The Morgan fingerprint density at radius 3 is 2.45 bits per heavy atom. The van der Waals surface area contributed by atoms with Crippen LogP contribution in [0.3, 0.4) is 0 Å². The van der Waals surface area contributed by atoms with Crippen LogP contribution >= 0.6 is 11.6 Å². The van der Waals surface area contributed by atoms with Crippen LogP contribution in [0.2, 0.25) is 5.02 Å². The van der Waals surface area contributed by atoms with E-state index < -0.39 is 10.0 Å². The summed E-state index contributed by atoms with van der Waals surface area (Å²) in [6.07, 6.45) is 0.255. The number of hydrogen-bond acceptors (Lipinski definition) is 8.